The number of hydrogen-bond acceptors (Lipinski definition) is 2. The molecule has 0 amide bonds. The molecular formula is C52H30N2. The lowest BCUT2D eigenvalue weighted by molar-refractivity contribution is 1.38. The van der Waals surface area contributed by atoms with E-state index < -0.39 is 0 Å². The Bertz CT molecular complexity index is 3510. The molecule has 2 nitrogen and oxygen atoms in total. The number of benzene rings is 9. The van der Waals surface area contributed by atoms with E-state index in [2.05, 4.69) is 170 Å². The van der Waals surface area contributed by atoms with Gasteiger partial charge in [-0.2, -0.15) is 0 Å². The number of nitrogens with zero attached hydrogens (tertiary/aromatic N) is 2. The van der Waals surface area contributed by atoms with Gasteiger partial charge in [-0.25, -0.2) is 4.98 Å². The van der Waals surface area contributed by atoms with E-state index in [1.807, 2.05) is 12.3 Å². The van der Waals surface area contributed by atoms with Crippen LogP contribution in [0.25, 0.3) is 120 Å². The molecule has 2 aromatic heterocycles. The topological polar surface area (TPSA) is 25.8 Å². The van der Waals surface area contributed by atoms with Crippen LogP contribution in [0.5, 0.6) is 0 Å². The van der Waals surface area contributed by atoms with Crippen molar-refractivity contribution >= 4 is 97.2 Å². The van der Waals surface area contributed by atoms with Gasteiger partial charge in [-0.05, 0) is 111 Å². The molecule has 0 saturated heterocycles. The van der Waals surface area contributed by atoms with Crippen LogP contribution < -0.4 is 0 Å². The summed E-state index contributed by atoms with van der Waals surface area (Å²) < 4.78 is 0. The maximum Gasteiger partial charge on any atom is 0.0972 e. The Hall–Kier alpha value is -7.16. The Kier molecular flexibility index (Phi) is 6.09. The minimum Gasteiger partial charge on any atom is -0.254 e. The third-order valence-corrected chi connectivity index (χ3v) is 11.6. The van der Waals surface area contributed by atoms with Crippen LogP contribution >= 0.6 is 0 Å². The molecule has 54 heavy (non-hydrogen) atoms. The van der Waals surface area contributed by atoms with E-state index in [-0.39, 0.29) is 0 Å². The largest absolute Gasteiger partial charge is 0.254 e. The van der Waals surface area contributed by atoms with Gasteiger partial charge in [-0.3, -0.25) is 4.98 Å². The first-order chi connectivity index (χ1) is 26.8. The van der Waals surface area contributed by atoms with E-state index in [4.69, 9.17) is 9.97 Å². The van der Waals surface area contributed by atoms with Crippen molar-refractivity contribution in [3.05, 3.63) is 182 Å². The first-order valence-corrected chi connectivity index (χ1v) is 18.6. The molecule has 0 aliphatic carbocycles. The second kappa shape index (κ2) is 11.2. The maximum absolute atomic E-state index is 5.38. The highest BCUT2D eigenvalue weighted by atomic mass is 14.8. The molecule has 0 aliphatic heterocycles. The summed E-state index contributed by atoms with van der Waals surface area (Å²) >= 11 is 0. The van der Waals surface area contributed by atoms with Gasteiger partial charge in [0.1, 0.15) is 0 Å². The number of hydrogen-bond donors (Lipinski definition) is 0. The first-order valence-electron chi connectivity index (χ1n) is 18.6. The molecule has 0 spiro atoms. The summed E-state index contributed by atoms with van der Waals surface area (Å²) in [7, 11) is 0. The van der Waals surface area contributed by atoms with Crippen LogP contribution in [-0.2, 0) is 0 Å². The predicted molar refractivity (Wildman–Crippen MR) is 230 cm³/mol. The molecule has 2 heterocycles. The van der Waals surface area contributed by atoms with Crippen LogP contribution in [0.2, 0.25) is 0 Å². The summed E-state index contributed by atoms with van der Waals surface area (Å²) in [5.74, 6) is 0. The highest BCUT2D eigenvalue weighted by Gasteiger charge is 2.20. The zero-order valence-electron chi connectivity index (χ0n) is 29.2. The molecule has 12 rings (SSSR count). The molecule has 0 bridgehead atoms. The summed E-state index contributed by atoms with van der Waals surface area (Å²) in [6.45, 7) is 0. The Labute approximate surface area is 310 Å². The standard InChI is InChI=1S/C52H30N2/c1-3-15-38-36(13-1)37-14-2-4-16-39(37)45-30-35(29-34-25-22-31-11-9-21-40(38)48(31)49(34)45)47-41-17-5-7-19-43(41)50(44-20-8-6-18-42(44)47)46-27-26-33-24-23-32-12-10-28-53-51(32)52(33)54-46/h1-30H. The summed E-state index contributed by atoms with van der Waals surface area (Å²) in [6.07, 6.45) is 1.86. The number of fused-ring (bicyclic) bond motifs is 10. The fraction of sp³-hybridized carbons (Fsp3) is 0. The molecule has 0 atom stereocenters. The van der Waals surface area contributed by atoms with Gasteiger partial charge >= 0.3 is 0 Å². The van der Waals surface area contributed by atoms with E-state index >= 15 is 0 Å². The fourth-order valence-corrected chi connectivity index (χ4v) is 9.31. The van der Waals surface area contributed by atoms with E-state index in [9.17, 15) is 0 Å². The summed E-state index contributed by atoms with van der Waals surface area (Å²) in [5.41, 5.74) is 6.40. The molecule has 10 aromatic carbocycles. The quantitative estimate of drug-likeness (QED) is 0.134. The number of rotatable bonds is 2. The second-order valence-electron chi connectivity index (χ2n) is 14.4. The molecule has 0 N–H and O–H groups in total. The van der Waals surface area contributed by atoms with Gasteiger partial charge in [0.15, 0.2) is 0 Å². The third kappa shape index (κ3) is 4.11. The van der Waals surface area contributed by atoms with Crippen molar-refractivity contribution in [1.82, 2.24) is 9.97 Å². The van der Waals surface area contributed by atoms with Gasteiger partial charge in [0.2, 0.25) is 0 Å². The molecule has 2 heteroatoms. The average Bonchev–Trinajstić information content (AvgIpc) is 3.24. The van der Waals surface area contributed by atoms with E-state index in [1.54, 1.807) is 0 Å². The summed E-state index contributed by atoms with van der Waals surface area (Å²) in [6, 6.07) is 64.6. The van der Waals surface area contributed by atoms with Gasteiger partial charge < -0.3 is 0 Å². The van der Waals surface area contributed by atoms with Crippen molar-refractivity contribution in [2.24, 2.45) is 0 Å². The minimum atomic E-state index is 0.926. The molecule has 0 unspecified atom stereocenters. The minimum absolute atomic E-state index is 0.926. The monoisotopic (exact) mass is 682 g/mol. The summed E-state index contributed by atoms with van der Waals surface area (Å²) in [4.78, 5) is 10.1. The Morgan fingerprint density at radius 3 is 1.46 bits per heavy atom. The molecule has 0 saturated carbocycles. The van der Waals surface area contributed by atoms with Crippen molar-refractivity contribution in [3.8, 4) is 22.4 Å². The van der Waals surface area contributed by atoms with Crippen LogP contribution in [0.3, 0.4) is 0 Å². The van der Waals surface area contributed by atoms with Gasteiger partial charge in [0, 0.05) is 22.5 Å². The van der Waals surface area contributed by atoms with Gasteiger partial charge in [-0.1, -0.05) is 152 Å². The Morgan fingerprint density at radius 1 is 0.296 bits per heavy atom. The lowest BCUT2D eigenvalue weighted by atomic mass is 9.84. The molecule has 0 radical (unpaired) electrons. The predicted octanol–water partition coefficient (Wildman–Crippen LogP) is 14.2. The van der Waals surface area contributed by atoms with Crippen molar-refractivity contribution in [2.45, 2.75) is 0 Å². The Morgan fingerprint density at radius 2 is 0.778 bits per heavy atom. The highest BCUT2D eigenvalue weighted by Crippen LogP contribution is 2.47. The van der Waals surface area contributed by atoms with Crippen LogP contribution in [0.15, 0.2) is 182 Å². The van der Waals surface area contributed by atoms with Gasteiger partial charge in [0.25, 0.3) is 0 Å². The average molecular weight is 683 g/mol. The SMILES string of the molecule is c1cnc2c(c1)ccc1ccc(-c3c4ccccc4c(-c4cc5ccc6cccc7c8ccccc8c8ccccc8c(c4)c5c67)c4ccccc34)nc12. The normalized spacial score (nSPS) is 12.1. The highest BCUT2D eigenvalue weighted by molar-refractivity contribution is 6.34. The van der Waals surface area contributed by atoms with Crippen LogP contribution in [0, 0.1) is 0 Å². The van der Waals surface area contributed by atoms with E-state index in [0.717, 1.165) is 33.1 Å². The van der Waals surface area contributed by atoms with Crippen molar-refractivity contribution < 1.29 is 0 Å². The van der Waals surface area contributed by atoms with Crippen LogP contribution in [-0.4, -0.2) is 9.97 Å². The lowest BCUT2D eigenvalue weighted by Crippen LogP contribution is -1.94. The molecule has 12 aromatic rings. The van der Waals surface area contributed by atoms with Crippen molar-refractivity contribution in [2.75, 3.05) is 0 Å². The molecular weight excluding hydrogens is 653 g/mol. The van der Waals surface area contributed by atoms with Crippen molar-refractivity contribution in [3.63, 3.8) is 0 Å². The van der Waals surface area contributed by atoms with Crippen molar-refractivity contribution in [1.29, 1.82) is 0 Å². The second-order valence-corrected chi connectivity index (χ2v) is 14.4. The summed E-state index contributed by atoms with van der Waals surface area (Å²) in [5, 5.41) is 19.7. The van der Waals surface area contributed by atoms with E-state index in [0.29, 0.717) is 0 Å². The van der Waals surface area contributed by atoms with Crippen LogP contribution in [0.1, 0.15) is 0 Å². The lowest BCUT2D eigenvalue weighted by Gasteiger charge is -2.19. The number of aromatic nitrogens is 2. The first kappa shape index (κ1) is 29.4. The van der Waals surface area contributed by atoms with E-state index in [1.165, 1.54) is 86.5 Å². The third-order valence-electron chi connectivity index (χ3n) is 11.6. The fourth-order valence-electron chi connectivity index (χ4n) is 9.31. The van der Waals surface area contributed by atoms with Crippen LogP contribution in [0.4, 0.5) is 0 Å². The zero-order chi connectivity index (χ0) is 35.3. The number of pyridine rings is 2. The molecule has 0 aliphatic rings. The van der Waals surface area contributed by atoms with Gasteiger partial charge in [-0.15, -0.1) is 0 Å². The smallest absolute Gasteiger partial charge is 0.0972 e. The Balaban J connectivity index is 1.24. The zero-order valence-corrected chi connectivity index (χ0v) is 29.2. The maximum atomic E-state index is 5.38. The molecule has 0 fully saturated rings. The van der Waals surface area contributed by atoms with Gasteiger partial charge in [0.05, 0.1) is 16.7 Å². The molecule has 248 valence electrons.